The highest BCUT2D eigenvalue weighted by atomic mass is 15.2. The Morgan fingerprint density at radius 1 is 0.905 bits per heavy atom. The van der Waals surface area contributed by atoms with Gasteiger partial charge in [0.1, 0.15) is 0 Å². The van der Waals surface area contributed by atoms with E-state index in [0.29, 0.717) is 0 Å². The molecule has 1 N–H and O–H groups in total. The molecule has 0 spiro atoms. The van der Waals surface area contributed by atoms with Crippen molar-refractivity contribution < 1.29 is 0 Å². The lowest BCUT2D eigenvalue weighted by Gasteiger charge is -2.39. The molecule has 3 unspecified atom stereocenters. The molecule has 0 amide bonds. The first-order chi connectivity index (χ1) is 10.3. The average Bonchev–Trinajstić information content (AvgIpc) is 2.73. The van der Waals surface area contributed by atoms with Crippen LogP contribution in [0.2, 0.25) is 0 Å². The summed E-state index contributed by atoms with van der Waals surface area (Å²) in [6, 6.07) is 1.68. The summed E-state index contributed by atoms with van der Waals surface area (Å²) >= 11 is 0. The molecule has 124 valence electrons. The summed E-state index contributed by atoms with van der Waals surface area (Å²) in [6.07, 6.45) is 15.6. The van der Waals surface area contributed by atoms with Crippen molar-refractivity contribution in [2.45, 2.75) is 96.6 Å². The summed E-state index contributed by atoms with van der Waals surface area (Å²) in [7, 11) is 0. The highest BCUT2D eigenvalue weighted by Crippen LogP contribution is 2.28. The van der Waals surface area contributed by atoms with Gasteiger partial charge in [0.15, 0.2) is 0 Å². The van der Waals surface area contributed by atoms with Gasteiger partial charge in [-0.1, -0.05) is 46.0 Å². The Labute approximate surface area is 133 Å². The van der Waals surface area contributed by atoms with Crippen LogP contribution in [0.5, 0.6) is 0 Å². The van der Waals surface area contributed by atoms with E-state index in [1.165, 1.54) is 90.3 Å². The molecule has 1 aliphatic heterocycles. The minimum atomic E-state index is 0.789. The minimum absolute atomic E-state index is 0.789. The molecule has 21 heavy (non-hydrogen) atoms. The van der Waals surface area contributed by atoms with Crippen molar-refractivity contribution in [2.75, 3.05) is 19.6 Å². The summed E-state index contributed by atoms with van der Waals surface area (Å²) in [5, 5.41) is 3.87. The zero-order chi connectivity index (χ0) is 14.9. The smallest absolute Gasteiger partial charge is 0.0107 e. The Hall–Kier alpha value is -0.0800. The van der Waals surface area contributed by atoms with Gasteiger partial charge in [-0.15, -0.1) is 0 Å². The van der Waals surface area contributed by atoms with E-state index in [4.69, 9.17) is 0 Å². The fourth-order valence-corrected chi connectivity index (χ4v) is 4.46. The third kappa shape index (κ3) is 5.56. The van der Waals surface area contributed by atoms with Crippen LogP contribution in [-0.4, -0.2) is 36.6 Å². The third-order valence-electron chi connectivity index (χ3n) is 5.66. The van der Waals surface area contributed by atoms with Crippen molar-refractivity contribution in [3.8, 4) is 0 Å². The summed E-state index contributed by atoms with van der Waals surface area (Å²) in [4.78, 5) is 2.86. The maximum atomic E-state index is 3.87. The van der Waals surface area contributed by atoms with E-state index in [1.54, 1.807) is 0 Å². The normalized spacial score (nSPS) is 32.0. The fraction of sp³-hybridized carbons (Fsp3) is 1.00. The van der Waals surface area contributed by atoms with Gasteiger partial charge in [0.25, 0.3) is 0 Å². The van der Waals surface area contributed by atoms with Crippen LogP contribution in [0.25, 0.3) is 0 Å². The lowest BCUT2D eigenvalue weighted by atomic mass is 9.90. The van der Waals surface area contributed by atoms with Crippen LogP contribution in [0.15, 0.2) is 0 Å². The van der Waals surface area contributed by atoms with Crippen LogP contribution in [-0.2, 0) is 0 Å². The highest BCUT2D eigenvalue weighted by molar-refractivity contribution is 4.85. The van der Waals surface area contributed by atoms with Crippen LogP contribution in [0.3, 0.4) is 0 Å². The number of nitrogens with one attached hydrogen (secondary N) is 1. The van der Waals surface area contributed by atoms with Crippen LogP contribution in [0.1, 0.15) is 84.5 Å². The SMILES string of the molecule is CCCNC1CCCCCC1CN1CCCCC1CCC. The Morgan fingerprint density at radius 3 is 2.52 bits per heavy atom. The number of hydrogen-bond donors (Lipinski definition) is 1. The van der Waals surface area contributed by atoms with Gasteiger partial charge in [0.2, 0.25) is 0 Å². The Kier molecular flexibility index (Phi) is 8.10. The maximum absolute atomic E-state index is 3.87. The molecule has 2 nitrogen and oxygen atoms in total. The molecule has 0 aromatic carbocycles. The van der Waals surface area contributed by atoms with Crippen molar-refractivity contribution in [3.63, 3.8) is 0 Å². The topological polar surface area (TPSA) is 15.3 Å². The Morgan fingerprint density at radius 2 is 1.71 bits per heavy atom. The quantitative estimate of drug-likeness (QED) is 0.691. The van der Waals surface area contributed by atoms with Crippen molar-refractivity contribution in [1.82, 2.24) is 10.2 Å². The molecule has 1 heterocycles. The second-order valence-electron chi connectivity index (χ2n) is 7.39. The molecule has 1 saturated heterocycles. The lowest BCUT2D eigenvalue weighted by molar-refractivity contribution is 0.104. The highest BCUT2D eigenvalue weighted by Gasteiger charge is 2.29. The Bertz CT molecular complexity index is 264. The fourth-order valence-electron chi connectivity index (χ4n) is 4.46. The van der Waals surface area contributed by atoms with Crippen LogP contribution in [0.4, 0.5) is 0 Å². The number of likely N-dealkylation sites (tertiary alicyclic amines) is 1. The minimum Gasteiger partial charge on any atom is -0.314 e. The number of hydrogen-bond acceptors (Lipinski definition) is 2. The van der Waals surface area contributed by atoms with E-state index in [2.05, 4.69) is 24.1 Å². The van der Waals surface area contributed by atoms with E-state index < -0.39 is 0 Å². The van der Waals surface area contributed by atoms with E-state index in [9.17, 15) is 0 Å². The standard InChI is InChI=1S/C19H38N2/c1-3-10-18-12-8-9-15-21(18)16-17-11-6-5-7-13-19(17)20-14-4-2/h17-20H,3-16H2,1-2H3. The first-order valence-electron chi connectivity index (χ1n) is 9.82. The summed E-state index contributed by atoms with van der Waals surface area (Å²) in [5.74, 6) is 0.900. The second kappa shape index (κ2) is 9.84. The largest absolute Gasteiger partial charge is 0.314 e. The van der Waals surface area contributed by atoms with Crippen molar-refractivity contribution >= 4 is 0 Å². The maximum Gasteiger partial charge on any atom is 0.0107 e. The zero-order valence-electron chi connectivity index (χ0n) is 14.6. The molecule has 2 rings (SSSR count). The number of rotatable bonds is 7. The van der Waals surface area contributed by atoms with Gasteiger partial charge in [-0.05, 0) is 57.5 Å². The predicted octanol–water partition coefficient (Wildman–Crippen LogP) is 4.59. The monoisotopic (exact) mass is 294 g/mol. The van der Waals surface area contributed by atoms with Gasteiger partial charge in [-0.25, -0.2) is 0 Å². The van der Waals surface area contributed by atoms with Gasteiger partial charge in [-0.3, -0.25) is 0 Å². The first kappa shape index (κ1) is 17.3. The first-order valence-corrected chi connectivity index (χ1v) is 9.82. The van der Waals surface area contributed by atoms with Gasteiger partial charge < -0.3 is 10.2 Å². The van der Waals surface area contributed by atoms with E-state index in [0.717, 1.165) is 18.0 Å². The summed E-state index contributed by atoms with van der Waals surface area (Å²) < 4.78 is 0. The van der Waals surface area contributed by atoms with Crippen LogP contribution < -0.4 is 5.32 Å². The summed E-state index contributed by atoms with van der Waals surface area (Å²) in [6.45, 7) is 8.58. The molecule has 1 aliphatic carbocycles. The number of piperidine rings is 1. The molecule has 2 aliphatic rings. The van der Waals surface area contributed by atoms with Gasteiger partial charge in [0.05, 0.1) is 0 Å². The van der Waals surface area contributed by atoms with Gasteiger partial charge in [0, 0.05) is 18.6 Å². The van der Waals surface area contributed by atoms with Crippen LogP contribution >= 0.6 is 0 Å². The van der Waals surface area contributed by atoms with Crippen LogP contribution in [0, 0.1) is 5.92 Å². The molecule has 0 aromatic heterocycles. The summed E-state index contributed by atoms with van der Waals surface area (Å²) in [5.41, 5.74) is 0. The second-order valence-corrected chi connectivity index (χ2v) is 7.39. The van der Waals surface area contributed by atoms with Gasteiger partial charge in [-0.2, -0.15) is 0 Å². The molecule has 2 heteroatoms. The van der Waals surface area contributed by atoms with Crippen molar-refractivity contribution in [3.05, 3.63) is 0 Å². The van der Waals surface area contributed by atoms with E-state index in [-0.39, 0.29) is 0 Å². The molecule has 1 saturated carbocycles. The zero-order valence-corrected chi connectivity index (χ0v) is 14.6. The molecule has 3 atom stereocenters. The Balaban J connectivity index is 1.91. The number of nitrogens with zero attached hydrogens (tertiary/aromatic N) is 1. The van der Waals surface area contributed by atoms with Gasteiger partial charge >= 0.3 is 0 Å². The lowest BCUT2D eigenvalue weighted by Crippen LogP contribution is -2.47. The molecule has 0 bridgehead atoms. The van der Waals surface area contributed by atoms with E-state index in [1.807, 2.05) is 0 Å². The third-order valence-corrected chi connectivity index (χ3v) is 5.66. The van der Waals surface area contributed by atoms with Crippen molar-refractivity contribution in [2.24, 2.45) is 5.92 Å². The molecule has 0 radical (unpaired) electrons. The molecular weight excluding hydrogens is 256 g/mol. The molecule has 2 fully saturated rings. The molecule has 0 aromatic rings. The molecular formula is C19H38N2. The van der Waals surface area contributed by atoms with E-state index >= 15 is 0 Å². The average molecular weight is 295 g/mol. The van der Waals surface area contributed by atoms with Crippen molar-refractivity contribution in [1.29, 1.82) is 0 Å². The predicted molar refractivity (Wildman–Crippen MR) is 92.8 cm³/mol.